The van der Waals surface area contributed by atoms with Crippen molar-refractivity contribution in [2.24, 2.45) is 5.73 Å². The molecule has 0 amide bonds. The Morgan fingerprint density at radius 1 is 1.53 bits per heavy atom. The van der Waals surface area contributed by atoms with Crippen molar-refractivity contribution in [2.75, 3.05) is 0 Å². The molecule has 0 saturated heterocycles. The monoisotopic (exact) mass is 265 g/mol. The van der Waals surface area contributed by atoms with E-state index in [1.54, 1.807) is 0 Å². The second kappa shape index (κ2) is 5.31. The molecule has 4 N–H and O–H groups in total. The van der Waals surface area contributed by atoms with Crippen molar-refractivity contribution in [1.29, 1.82) is 0 Å². The number of nitrogens with two attached hydrogens (primary N) is 1. The second-order valence-corrected chi connectivity index (χ2v) is 3.73. The number of hydrogen-bond acceptors (Lipinski definition) is 6. The van der Waals surface area contributed by atoms with E-state index in [-0.39, 0.29) is 6.42 Å². The molecule has 9 heteroatoms. The first-order valence-electron chi connectivity index (χ1n) is 5.33. The third kappa shape index (κ3) is 3.16. The van der Waals surface area contributed by atoms with Crippen LogP contribution >= 0.6 is 0 Å². The molecule has 0 spiro atoms. The summed E-state index contributed by atoms with van der Waals surface area (Å²) in [6.45, 7) is 0. The van der Waals surface area contributed by atoms with Crippen LogP contribution in [0.5, 0.6) is 0 Å². The third-order valence-electron chi connectivity index (χ3n) is 2.28. The predicted molar refractivity (Wildman–Crippen MR) is 63.2 cm³/mol. The Morgan fingerprint density at radius 2 is 2.32 bits per heavy atom. The fourth-order valence-corrected chi connectivity index (χ4v) is 1.36. The van der Waals surface area contributed by atoms with Crippen LogP contribution < -0.4 is 21.8 Å². The van der Waals surface area contributed by atoms with E-state index in [1.165, 1.54) is 12.5 Å². The summed E-state index contributed by atoms with van der Waals surface area (Å²) in [5, 5.41) is 0. The number of hydrogen-bond donors (Lipinski definition) is 3. The van der Waals surface area contributed by atoms with E-state index in [0.29, 0.717) is 10.4 Å². The summed E-state index contributed by atoms with van der Waals surface area (Å²) in [4.78, 5) is 47.0. The average Bonchev–Trinajstić information content (AvgIpc) is 2.85. The summed E-state index contributed by atoms with van der Waals surface area (Å²) in [6, 6.07) is 0.0917. The normalized spacial score (nSPS) is 12.1. The van der Waals surface area contributed by atoms with Crippen LogP contribution in [0, 0.1) is 0 Å². The van der Waals surface area contributed by atoms with Gasteiger partial charge in [-0.1, -0.05) is 0 Å². The molecule has 0 unspecified atom stereocenters. The molecule has 1 atom stereocenters. The predicted octanol–water partition coefficient (Wildman–Crippen LogP) is -2.22. The highest BCUT2D eigenvalue weighted by Gasteiger charge is 2.18. The van der Waals surface area contributed by atoms with Gasteiger partial charge in [0, 0.05) is 24.4 Å². The lowest BCUT2D eigenvalue weighted by atomic mass is 10.2. The molecule has 0 aliphatic heterocycles. The summed E-state index contributed by atoms with van der Waals surface area (Å²) >= 11 is 0. The largest absolute Gasteiger partial charge is 0.361 e. The van der Waals surface area contributed by atoms with E-state index in [1.807, 2.05) is 4.98 Å². The third-order valence-corrected chi connectivity index (χ3v) is 2.28. The van der Waals surface area contributed by atoms with Gasteiger partial charge in [-0.05, 0) is 0 Å². The number of nitrogens with zero attached hydrogens (tertiary/aromatic N) is 2. The lowest BCUT2D eigenvalue weighted by Gasteiger charge is -2.10. The van der Waals surface area contributed by atoms with E-state index < -0.39 is 23.3 Å². The summed E-state index contributed by atoms with van der Waals surface area (Å²) in [7, 11) is 0. The number of aromatic amines is 2. The molecule has 0 radical (unpaired) electrons. The van der Waals surface area contributed by atoms with Gasteiger partial charge in [-0.3, -0.25) is 9.78 Å². The topological polar surface area (TPSA) is 136 Å². The zero-order valence-corrected chi connectivity index (χ0v) is 9.70. The number of carbonyl (C=O) groups is 1. The maximum atomic E-state index is 11.6. The van der Waals surface area contributed by atoms with Crippen molar-refractivity contribution < 1.29 is 9.63 Å². The molecule has 0 aliphatic carbocycles. The lowest BCUT2D eigenvalue weighted by molar-refractivity contribution is -0.146. The first-order chi connectivity index (χ1) is 9.06. The Kier molecular flexibility index (Phi) is 3.57. The molecule has 2 heterocycles. The Morgan fingerprint density at radius 3 is 2.95 bits per heavy atom. The molecule has 0 fully saturated rings. The van der Waals surface area contributed by atoms with Gasteiger partial charge < -0.3 is 15.6 Å². The number of nitrogens with one attached hydrogen (secondary N) is 2. The van der Waals surface area contributed by atoms with Crippen LogP contribution in [0.1, 0.15) is 5.69 Å². The van der Waals surface area contributed by atoms with Gasteiger partial charge in [0.15, 0.2) is 0 Å². The van der Waals surface area contributed by atoms with E-state index in [0.717, 1.165) is 12.3 Å². The van der Waals surface area contributed by atoms with Crippen LogP contribution in [0.2, 0.25) is 0 Å². The minimum Gasteiger partial charge on any atom is -0.348 e. The molecule has 100 valence electrons. The maximum absolute atomic E-state index is 11.6. The molecule has 0 bridgehead atoms. The molecule has 2 rings (SSSR count). The average molecular weight is 265 g/mol. The Bertz CT molecular complexity index is 672. The van der Waals surface area contributed by atoms with Gasteiger partial charge in [0.25, 0.3) is 5.56 Å². The van der Waals surface area contributed by atoms with Crippen molar-refractivity contribution >= 4 is 5.97 Å². The minimum absolute atomic E-state index is 0.191. The van der Waals surface area contributed by atoms with Gasteiger partial charge in [-0.15, -0.1) is 4.73 Å². The van der Waals surface area contributed by atoms with Crippen molar-refractivity contribution in [2.45, 2.75) is 12.5 Å². The molecule has 2 aromatic heterocycles. The van der Waals surface area contributed by atoms with Gasteiger partial charge in [0.05, 0.1) is 12.5 Å². The van der Waals surface area contributed by atoms with Crippen LogP contribution in [0.25, 0.3) is 0 Å². The van der Waals surface area contributed by atoms with Gasteiger partial charge in [0.1, 0.15) is 6.04 Å². The highest BCUT2D eigenvalue weighted by Crippen LogP contribution is 1.96. The SMILES string of the molecule is N[C@@H](Cc1cnc[nH]1)C(=O)On1ccc(=O)[nH]c1=O. The molecule has 2 aromatic rings. The van der Waals surface area contributed by atoms with E-state index in [4.69, 9.17) is 10.6 Å². The Hall–Kier alpha value is -2.68. The molecule has 0 saturated carbocycles. The molecule has 19 heavy (non-hydrogen) atoms. The number of aromatic nitrogens is 4. The van der Waals surface area contributed by atoms with Crippen molar-refractivity contribution in [3.8, 4) is 0 Å². The van der Waals surface area contributed by atoms with E-state index in [9.17, 15) is 14.4 Å². The molecular weight excluding hydrogens is 254 g/mol. The van der Waals surface area contributed by atoms with Crippen LogP contribution in [0.15, 0.2) is 34.4 Å². The van der Waals surface area contributed by atoms with Gasteiger partial charge in [-0.2, -0.15) is 0 Å². The highest BCUT2D eigenvalue weighted by molar-refractivity contribution is 5.76. The summed E-state index contributed by atoms with van der Waals surface area (Å²) in [6.07, 6.45) is 4.22. The molecule has 0 aromatic carbocycles. The number of rotatable bonds is 4. The number of H-pyrrole nitrogens is 2. The zero-order valence-electron chi connectivity index (χ0n) is 9.70. The van der Waals surface area contributed by atoms with Crippen molar-refractivity contribution in [3.63, 3.8) is 0 Å². The molecule has 9 nitrogen and oxygen atoms in total. The van der Waals surface area contributed by atoms with Gasteiger partial charge in [-0.25, -0.2) is 14.6 Å². The molecular formula is C10H11N5O4. The smallest absolute Gasteiger partial charge is 0.348 e. The lowest BCUT2D eigenvalue weighted by Crippen LogP contribution is -2.43. The van der Waals surface area contributed by atoms with Crippen molar-refractivity contribution in [1.82, 2.24) is 19.7 Å². The fraction of sp³-hybridized carbons (Fsp3) is 0.200. The van der Waals surface area contributed by atoms with Crippen LogP contribution in [0.4, 0.5) is 0 Å². The number of imidazole rings is 1. The first-order valence-corrected chi connectivity index (χ1v) is 5.33. The minimum atomic E-state index is -0.959. The van der Waals surface area contributed by atoms with Crippen LogP contribution in [-0.2, 0) is 11.2 Å². The zero-order chi connectivity index (χ0) is 13.8. The quantitative estimate of drug-likeness (QED) is 0.573. The first kappa shape index (κ1) is 12.8. The van der Waals surface area contributed by atoms with E-state index in [2.05, 4.69) is 9.97 Å². The van der Waals surface area contributed by atoms with Gasteiger partial charge in [0.2, 0.25) is 0 Å². The van der Waals surface area contributed by atoms with Crippen molar-refractivity contribution in [3.05, 3.63) is 51.3 Å². The summed E-state index contributed by atoms with van der Waals surface area (Å²) in [5.41, 5.74) is 4.86. The van der Waals surface area contributed by atoms with Crippen LogP contribution in [-0.4, -0.2) is 31.7 Å². The maximum Gasteiger partial charge on any atom is 0.361 e. The standard InChI is InChI=1S/C10H11N5O4/c11-7(3-6-4-12-5-13-6)9(17)19-15-2-1-8(16)14-10(15)18/h1-2,4-5,7H,3,11H2,(H,12,13)(H,14,16,18)/t7-/m0/s1. The van der Waals surface area contributed by atoms with E-state index >= 15 is 0 Å². The Balaban J connectivity index is 2.04. The Labute approximate surface area is 106 Å². The van der Waals surface area contributed by atoms with Gasteiger partial charge >= 0.3 is 11.7 Å². The summed E-state index contributed by atoms with van der Waals surface area (Å²) < 4.78 is 0.608. The highest BCUT2D eigenvalue weighted by atomic mass is 16.7. The second-order valence-electron chi connectivity index (χ2n) is 3.73. The number of carbonyl (C=O) groups excluding carboxylic acids is 1. The van der Waals surface area contributed by atoms with Crippen LogP contribution in [0.3, 0.4) is 0 Å². The summed E-state index contributed by atoms with van der Waals surface area (Å²) in [5.74, 6) is -0.802. The fourth-order valence-electron chi connectivity index (χ4n) is 1.36. The molecule has 0 aliphatic rings.